The van der Waals surface area contributed by atoms with Crippen LogP contribution in [0, 0.1) is 10.6 Å². The van der Waals surface area contributed by atoms with Crippen LogP contribution in [0.5, 0.6) is 0 Å². The van der Waals surface area contributed by atoms with Crippen LogP contribution in [0.4, 0.5) is 10.1 Å². The molecule has 0 radical (unpaired) electrons. The van der Waals surface area contributed by atoms with Crippen LogP contribution in [0.1, 0.15) is 30.0 Å². The fourth-order valence-electron chi connectivity index (χ4n) is 4.20. The fourth-order valence-corrected chi connectivity index (χ4v) is 4.48. The predicted molar refractivity (Wildman–Crippen MR) is 121 cm³/mol. The number of hydrogen-bond acceptors (Lipinski definition) is 6. The molecule has 3 aromatic rings. The molecule has 0 aliphatic carbocycles. The van der Waals surface area contributed by atoms with Gasteiger partial charge in [0.15, 0.2) is 4.77 Å². The number of benzene rings is 1. The minimum absolute atomic E-state index is 0.0778. The van der Waals surface area contributed by atoms with Gasteiger partial charge in [0.25, 0.3) is 0 Å². The first kappa shape index (κ1) is 22.2. The maximum Gasteiger partial charge on any atom is 0.341 e. The number of aryl methyl sites for hydroxylation is 1. The van der Waals surface area contributed by atoms with E-state index in [-0.39, 0.29) is 10.9 Å². The molecular weight excluding hydrogens is 435 g/mol. The molecule has 0 atom stereocenters. The van der Waals surface area contributed by atoms with E-state index in [1.165, 1.54) is 6.20 Å². The summed E-state index contributed by atoms with van der Waals surface area (Å²) in [6, 6.07) is 2.82. The molecule has 32 heavy (non-hydrogen) atoms. The summed E-state index contributed by atoms with van der Waals surface area (Å²) in [5.41, 5.74) is -0.0836. The highest BCUT2D eigenvalue weighted by Gasteiger charge is 2.23. The van der Waals surface area contributed by atoms with Gasteiger partial charge in [-0.15, -0.1) is 0 Å². The van der Waals surface area contributed by atoms with Gasteiger partial charge in [-0.05, 0) is 38.2 Å². The topological polar surface area (TPSA) is 99.4 Å². The average Bonchev–Trinajstić information content (AvgIpc) is 3.13. The third kappa shape index (κ3) is 3.93. The molecule has 0 bridgehead atoms. The third-order valence-corrected chi connectivity index (χ3v) is 6.26. The second-order valence-electron chi connectivity index (χ2n) is 7.74. The summed E-state index contributed by atoms with van der Waals surface area (Å²) >= 11 is 5.25. The lowest BCUT2D eigenvalue weighted by Crippen LogP contribution is -2.46. The summed E-state index contributed by atoms with van der Waals surface area (Å²) in [6.07, 6.45) is 1.33. The Morgan fingerprint density at radius 2 is 1.94 bits per heavy atom. The number of H-pyrrole nitrogens is 1. The third-order valence-electron chi connectivity index (χ3n) is 5.95. The lowest BCUT2D eigenvalue weighted by molar-refractivity contribution is 0.0695. The number of nitrogens with zero attached hydrogens (tertiary/aromatic N) is 5. The number of piperazine rings is 1. The van der Waals surface area contributed by atoms with Crippen molar-refractivity contribution < 1.29 is 14.3 Å². The first-order chi connectivity index (χ1) is 15.3. The Hall–Kier alpha value is -3.05. The molecule has 0 spiro atoms. The van der Waals surface area contributed by atoms with Crippen LogP contribution >= 0.6 is 12.2 Å². The molecule has 1 fully saturated rings. The van der Waals surface area contributed by atoms with E-state index in [9.17, 15) is 14.7 Å². The van der Waals surface area contributed by atoms with Crippen LogP contribution in [0.15, 0.2) is 23.1 Å². The quantitative estimate of drug-likeness (QED) is 0.545. The zero-order chi connectivity index (χ0) is 23.0. The number of halogens is 1. The Morgan fingerprint density at radius 3 is 2.56 bits per heavy atom. The van der Waals surface area contributed by atoms with Gasteiger partial charge in [-0.1, -0.05) is 0 Å². The number of fused-ring (bicyclic) bond motifs is 1. The number of pyridine rings is 1. The minimum atomic E-state index is -1.32. The highest BCUT2D eigenvalue weighted by atomic mass is 32.1. The Kier molecular flexibility index (Phi) is 6.11. The van der Waals surface area contributed by atoms with E-state index < -0.39 is 17.2 Å². The second kappa shape index (κ2) is 8.83. The van der Waals surface area contributed by atoms with Crippen LogP contribution < -0.4 is 10.3 Å². The van der Waals surface area contributed by atoms with Gasteiger partial charge in [-0.2, -0.15) is 5.10 Å². The number of anilines is 1. The van der Waals surface area contributed by atoms with Crippen molar-refractivity contribution in [1.82, 2.24) is 24.2 Å². The Morgan fingerprint density at radius 1 is 1.22 bits per heavy atom. The molecule has 1 aliphatic rings. The molecule has 170 valence electrons. The maximum absolute atomic E-state index is 15.0. The van der Waals surface area contributed by atoms with Crippen LogP contribution in [0.3, 0.4) is 0 Å². The van der Waals surface area contributed by atoms with Crippen molar-refractivity contribution in [1.29, 1.82) is 0 Å². The summed E-state index contributed by atoms with van der Waals surface area (Å²) in [5.74, 6) is -0.965. The van der Waals surface area contributed by atoms with Crippen molar-refractivity contribution in [2.24, 2.45) is 0 Å². The molecular formula is C21H25FN6O3S. The number of carbonyl (C=O) groups is 1. The molecule has 1 aliphatic heterocycles. The summed E-state index contributed by atoms with van der Waals surface area (Å²) in [5, 5.41) is 16.5. The smallest absolute Gasteiger partial charge is 0.341 e. The molecule has 0 amide bonds. The SMILES string of the molecule is CCn1c(CN2CCN(c3cc4c(cc3F)c(=O)c(C(=O)O)cn4CC)CC2)n[nH]c1=S. The van der Waals surface area contributed by atoms with Crippen molar-refractivity contribution in [3.05, 3.63) is 50.5 Å². The van der Waals surface area contributed by atoms with Crippen molar-refractivity contribution in [3.63, 3.8) is 0 Å². The van der Waals surface area contributed by atoms with E-state index in [0.717, 1.165) is 31.5 Å². The lowest BCUT2D eigenvalue weighted by Gasteiger charge is -2.36. The lowest BCUT2D eigenvalue weighted by atomic mass is 10.1. The molecule has 2 N–H and O–H groups in total. The fraction of sp³-hybridized carbons (Fsp3) is 0.429. The van der Waals surface area contributed by atoms with Gasteiger partial charge in [-0.3, -0.25) is 14.8 Å². The zero-order valence-corrected chi connectivity index (χ0v) is 18.8. The first-order valence-electron chi connectivity index (χ1n) is 10.5. The zero-order valence-electron chi connectivity index (χ0n) is 18.0. The molecule has 2 aromatic heterocycles. The van der Waals surface area contributed by atoms with Crippen LogP contribution in [-0.2, 0) is 19.6 Å². The van der Waals surface area contributed by atoms with E-state index in [4.69, 9.17) is 12.2 Å². The molecule has 0 saturated carbocycles. The van der Waals surface area contributed by atoms with Crippen molar-refractivity contribution >= 4 is 34.8 Å². The minimum Gasteiger partial charge on any atom is -0.477 e. The first-order valence-corrected chi connectivity index (χ1v) is 11.0. The molecule has 9 nitrogen and oxygen atoms in total. The van der Waals surface area contributed by atoms with E-state index in [2.05, 4.69) is 15.1 Å². The standard InChI is InChI=1S/C21H25FN6O3S/c1-3-26-11-14(20(30)31)19(29)13-9-15(22)17(10-16(13)26)27-7-5-25(6-8-27)12-18-23-24-21(32)28(18)4-2/h9-11H,3-8,12H2,1-2H3,(H,24,32)(H,30,31). The summed E-state index contributed by atoms with van der Waals surface area (Å²) < 4.78 is 19.3. The predicted octanol–water partition coefficient (Wildman–Crippen LogP) is 2.45. The molecule has 11 heteroatoms. The Bertz CT molecular complexity index is 1290. The number of nitrogens with one attached hydrogen (secondary N) is 1. The van der Waals surface area contributed by atoms with Crippen LogP contribution in [-0.4, -0.2) is 61.5 Å². The number of aromatic nitrogens is 4. The van der Waals surface area contributed by atoms with Crippen LogP contribution in [0.2, 0.25) is 0 Å². The number of aromatic amines is 1. The highest BCUT2D eigenvalue weighted by molar-refractivity contribution is 7.71. The summed E-state index contributed by atoms with van der Waals surface area (Å²) in [6.45, 7) is 8.40. The van der Waals surface area contributed by atoms with E-state index >= 15 is 4.39 Å². The van der Waals surface area contributed by atoms with Gasteiger partial charge >= 0.3 is 5.97 Å². The number of aromatic carboxylic acids is 1. The second-order valence-corrected chi connectivity index (χ2v) is 8.12. The number of rotatable bonds is 6. The van der Waals surface area contributed by atoms with Gasteiger partial charge in [0, 0.05) is 50.9 Å². The molecule has 0 unspecified atom stereocenters. The number of carboxylic acids is 1. The summed E-state index contributed by atoms with van der Waals surface area (Å²) in [7, 11) is 0. The van der Waals surface area contributed by atoms with Gasteiger partial charge in [0.05, 0.1) is 17.7 Å². The summed E-state index contributed by atoms with van der Waals surface area (Å²) in [4.78, 5) is 28.2. The van der Waals surface area contributed by atoms with Crippen molar-refractivity contribution in [2.75, 3.05) is 31.1 Å². The molecule has 1 aromatic carbocycles. The average molecular weight is 461 g/mol. The largest absolute Gasteiger partial charge is 0.477 e. The van der Waals surface area contributed by atoms with Crippen molar-refractivity contribution in [2.45, 2.75) is 33.5 Å². The van der Waals surface area contributed by atoms with Gasteiger partial charge in [0.1, 0.15) is 17.2 Å². The molecule has 4 rings (SSSR count). The van der Waals surface area contributed by atoms with E-state index in [0.29, 0.717) is 42.2 Å². The van der Waals surface area contributed by atoms with Crippen molar-refractivity contribution in [3.8, 4) is 0 Å². The monoisotopic (exact) mass is 460 g/mol. The van der Waals surface area contributed by atoms with Gasteiger partial charge < -0.3 is 19.1 Å². The van der Waals surface area contributed by atoms with Gasteiger partial charge in [0.2, 0.25) is 5.43 Å². The van der Waals surface area contributed by atoms with Crippen LogP contribution in [0.25, 0.3) is 10.9 Å². The van der Waals surface area contributed by atoms with E-state index in [1.54, 1.807) is 10.6 Å². The highest BCUT2D eigenvalue weighted by Crippen LogP contribution is 2.26. The number of carboxylic acid groups (broad SMARTS) is 1. The number of hydrogen-bond donors (Lipinski definition) is 2. The Labute approximate surface area is 188 Å². The van der Waals surface area contributed by atoms with E-state index in [1.807, 2.05) is 23.3 Å². The maximum atomic E-state index is 15.0. The molecule has 1 saturated heterocycles. The molecule has 3 heterocycles. The Balaban J connectivity index is 1.59. The normalized spacial score (nSPS) is 14.9. The van der Waals surface area contributed by atoms with Gasteiger partial charge in [-0.25, -0.2) is 9.18 Å².